The molecule has 3 aromatic rings. The Kier molecular flexibility index (Phi) is 4.76. The highest BCUT2D eigenvalue weighted by Gasteiger charge is 2.36. The second-order valence-electron chi connectivity index (χ2n) is 7.54. The fourth-order valence-corrected chi connectivity index (χ4v) is 3.83. The van der Waals surface area contributed by atoms with Crippen molar-refractivity contribution in [3.63, 3.8) is 0 Å². The zero-order valence-corrected chi connectivity index (χ0v) is 15.8. The normalized spacial score (nSPS) is 14.8. The molecule has 0 amide bonds. The van der Waals surface area contributed by atoms with E-state index in [4.69, 9.17) is 9.84 Å². The highest BCUT2D eigenvalue weighted by molar-refractivity contribution is 5.85. The van der Waals surface area contributed by atoms with Crippen LogP contribution in [0.15, 0.2) is 36.5 Å². The number of carbonyl (C=O) groups is 1. The van der Waals surface area contributed by atoms with Gasteiger partial charge in [-0.25, -0.2) is 0 Å². The maximum Gasteiger partial charge on any atom is 0.420 e. The van der Waals surface area contributed by atoms with Crippen molar-refractivity contribution in [2.24, 2.45) is 0 Å². The number of rotatable bonds is 5. The van der Waals surface area contributed by atoms with Crippen molar-refractivity contribution in [1.82, 2.24) is 4.98 Å². The van der Waals surface area contributed by atoms with Crippen molar-refractivity contribution in [1.29, 1.82) is 0 Å². The van der Waals surface area contributed by atoms with Crippen LogP contribution in [0, 0.1) is 6.92 Å². The van der Waals surface area contributed by atoms with Gasteiger partial charge in [0.05, 0.1) is 12.0 Å². The molecule has 1 fully saturated rings. The van der Waals surface area contributed by atoms with Crippen molar-refractivity contribution in [3.8, 4) is 11.5 Å². The van der Waals surface area contributed by atoms with Crippen molar-refractivity contribution in [2.45, 2.75) is 44.7 Å². The van der Waals surface area contributed by atoms with Gasteiger partial charge in [-0.15, -0.1) is 0 Å². The second-order valence-corrected chi connectivity index (χ2v) is 7.54. The Morgan fingerprint density at radius 3 is 2.62 bits per heavy atom. The van der Waals surface area contributed by atoms with Crippen LogP contribution in [0.4, 0.5) is 13.2 Å². The predicted molar refractivity (Wildman–Crippen MR) is 102 cm³/mol. The van der Waals surface area contributed by atoms with Crippen LogP contribution in [-0.2, 0) is 17.4 Å². The van der Waals surface area contributed by atoms with Gasteiger partial charge < -0.3 is 14.8 Å². The first-order chi connectivity index (χ1) is 13.7. The number of aromatic nitrogens is 1. The molecule has 0 saturated heterocycles. The number of ether oxygens (including phenoxy) is 1. The molecule has 0 spiro atoms. The molecule has 1 saturated carbocycles. The first-order valence-corrected chi connectivity index (χ1v) is 9.44. The minimum Gasteiger partial charge on any atom is -0.481 e. The maximum atomic E-state index is 13.6. The van der Waals surface area contributed by atoms with Gasteiger partial charge in [-0.2, -0.15) is 13.2 Å². The molecule has 1 heterocycles. The van der Waals surface area contributed by atoms with Crippen molar-refractivity contribution < 1.29 is 27.8 Å². The third kappa shape index (κ3) is 3.81. The van der Waals surface area contributed by atoms with Crippen LogP contribution < -0.4 is 4.74 Å². The van der Waals surface area contributed by atoms with E-state index in [0.717, 1.165) is 29.8 Å². The van der Waals surface area contributed by atoms with Crippen LogP contribution in [0.1, 0.15) is 47.4 Å². The van der Waals surface area contributed by atoms with E-state index in [2.05, 4.69) is 4.98 Å². The summed E-state index contributed by atoms with van der Waals surface area (Å²) in [6.45, 7) is 1.49. The molecule has 1 aliphatic rings. The SMILES string of the molecule is Cc1cc(CC(=O)O)cc(C(F)(F)F)c1Oc1ccc2[nH]cc(C3CCC3)c2c1. The number of fused-ring (bicyclic) bond motifs is 1. The third-order valence-electron chi connectivity index (χ3n) is 5.45. The molecule has 1 aromatic heterocycles. The van der Waals surface area contributed by atoms with Gasteiger partial charge in [-0.05, 0) is 66.6 Å². The van der Waals surface area contributed by atoms with Crippen LogP contribution in [0.5, 0.6) is 11.5 Å². The summed E-state index contributed by atoms with van der Waals surface area (Å²) in [6.07, 6.45) is 0.227. The van der Waals surface area contributed by atoms with E-state index < -0.39 is 24.1 Å². The molecule has 0 radical (unpaired) electrons. The summed E-state index contributed by atoms with van der Waals surface area (Å²) in [4.78, 5) is 14.1. The first-order valence-electron chi connectivity index (χ1n) is 9.44. The molecule has 4 rings (SSSR count). The molecule has 2 N–H and O–H groups in total. The lowest BCUT2D eigenvalue weighted by molar-refractivity contribution is -0.139. The highest BCUT2D eigenvalue weighted by Crippen LogP contribution is 2.43. The van der Waals surface area contributed by atoms with Gasteiger partial charge in [0, 0.05) is 17.1 Å². The van der Waals surface area contributed by atoms with Gasteiger partial charge >= 0.3 is 12.1 Å². The largest absolute Gasteiger partial charge is 0.481 e. The summed E-state index contributed by atoms with van der Waals surface area (Å²) in [5.41, 5.74) is 1.44. The number of H-pyrrole nitrogens is 1. The van der Waals surface area contributed by atoms with Gasteiger partial charge in [0.1, 0.15) is 11.5 Å². The summed E-state index contributed by atoms with van der Waals surface area (Å²) in [5, 5.41) is 9.88. The van der Waals surface area contributed by atoms with Gasteiger partial charge in [0.15, 0.2) is 0 Å². The van der Waals surface area contributed by atoms with E-state index in [9.17, 15) is 18.0 Å². The molecule has 29 heavy (non-hydrogen) atoms. The Morgan fingerprint density at radius 2 is 2.00 bits per heavy atom. The van der Waals surface area contributed by atoms with Crippen LogP contribution in [0.25, 0.3) is 10.9 Å². The molecule has 0 atom stereocenters. The van der Waals surface area contributed by atoms with Crippen LogP contribution in [-0.4, -0.2) is 16.1 Å². The van der Waals surface area contributed by atoms with Crippen LogP contribution in [0.3, 0.4) is 0 Å². The van der Waals surface area contributed by atoms with Crippen molar-refractivity contribution in [2.75, 3.05) is 0 Å². The number of carboxylic acids is 1. The molecular weight excluding hydrogens is 383 g/mol. The average molecular weight is 403 g/mol. The quantitative estimate of drug-likeness (QED) is 0.535. The second kappa shape index (κ2) is 7.13. The van der Waals surface area contributed by atoms with E-state index in [1.54, 1.807) is 18.2 Å². The number of hydrogen-bond donors (Lipinski definition) is 2. The van der Waals surface area contributed by atoms with Gasteiger partial charge in [-0.3, -0.25) is 4.79 Å². The Morgan fingerprint density at radius 1 is 1.24 bits per heavy atom. The number of carboxylic acid groups (broad SMARTS) is 1. The number of aromatic amines is 1. The summed E-state index contributed by atoms with van der Waals surface area (Å²) in [6, 6.07) is 7.48. The van der Waals surface area contributed by atoms with Crippen LogP contribution >= 0.6 is 0 Å². The van der Waals surface area contributed by atoms with E-state index in [-0.39, 0.29) is 16.9 Å². The molecule has 0 bridgehead atoms. The summed E-state index contributed by atoms with van der Waals surface area (Å²) < 4.78 is 46.6. The minimum absolute atomic E-state index is 0.0861. The lowest BCUT2D eigenvalue weighted by atomic mass is 9.80. The third-order valence-corrected chi connectivity index (χ3v) is 5.45. The zero-order valence-electron chi connectivity index (χ0n) is 15.8. The highest BCUT2D eigenvalue weighted by atomic mass is 19.4. The van der Waals surface area contributed by atoms with Crippen molar-refractivity contribution >= 4 is 16.9 Å². The number of nitrogens with one attached hydrogen (secondary N) is 1. The Bertz CT molecular complexity index is 1080. The Labute approximate surface area is 165 Å². The molecule has 7 heteroatoms. The first kappa shape index (κ1) is 19.4. The predicted octanol–water partition coefficient (Wildman–Crippen LogP) is 6.18. The number of aryl methyl sites for hydroxylation is 1. The summed E-state index contributed by atoms with van der Waals surface area (Å²) in [7, 11) is 0. The van der Waals surface area contributed by atoms with E-state index in [1.807, 2.05) is 6.20 Å². The van der Waals surface area contributed by atoms with E-state index in [0.29, 0.717) is 11.7 Å². The topological polar surface area (TPSA) is 62.3 Å². The summed E-state index contributed by atoms with van der Waals surface area (Å²) >= 11 is 0. The Balaban J connectivity index is 1.74. The Hall–Kier alpha value is -2.96. The number of aliphatic carboxylic acids is 1. The number of halogens is 3. The summed E-state index contributed by atoms with van der Waals surface area (Å²) in [5.74, 6) is -0.696. The van der Waals surface area contributed by atoms with E-state index >= 15 is 0 Å². The average Bonchev–Trinajstić information content (AvgIpc) is 2.97. The fraction of sp³-hybridized carbons (Fsp3) is 0.318. The molecular formula is C22H20F3NO3. The zero-order chi connectivity index (χ0) is 20.8. The lowest BCUT2D eigenvalue weighted by Gasteiger charge is -2.25. The molecule has 4 nitrogen and oxygen atoms in total. The monoisotopic (exact) mass is 403 g/mol. The van der Waals surface area contributed by atoms with Gasteiger partial charge in [-0.1, -0.05) is 12.5 Å². The van der Waals surface area contributed by atoms with Crippen molar-refractivity contribution in [3.05, 3.63) is 58.8 Å². The molecule has 0 unspecified atom stereocenters. The van der Waals surface area contributed by atoms with Crippen LogP contribution in [0.2, 0.25) is 0 Å². The maximum absolute atomic E-state index is 13.6. The lowest BCUT2D eigenvalue weighted by Crippen LogP contribution is -2.11. The molecule has 0 aliphatic heterocycles. The van der Waals surface area contributed by atoms with Gasteiger partial charge in [0.25, 0.3) is 0 Å². The fourth-order valence-electron chi connectivity index (χ4n) is 3.83. The minimum atomic E-state index is -4.66. The number of hydrogen-bond acceptors (Lipinski definition) is 2. The van der Waals surface area contributed by atoms with Gasteiger partial charge in [0.2, 0.25) is 0 Å². The van der Waals surface area contributed by atoms with E-state index in [1.165, 1.54) is 25.0 Å². The standard InChI is InChI=1S/C22H20F3NO3/c1-12-7-13(9-20(27)28)8-18(22(23,24)25)21(12)29-15-5-6-19-16(10-15)17(11-26-19)14-3-2-4-14/h5-8,10-11,14,26H,2-4,9H2,1H3,(H,27,28). The number of alkyl halides is 3. The molecule has 2 aromatic carbocycles. The number of benzene rings is 2. The molecule has 152 valence electrons. The molecule has 1 aliphatic carbocycles. The smallest absolute Gasteiger partial charge is 0.420 e.